The van der Waals surface area contributed by atoms with Gasteiger partial charge in [-0.15, -0.1) is 0 Å². The number of anilines is 1. The molecule has 1 atom stereocenters. The molecule has 2 aromatic carbocycles. The third kappa shape index (κ3) is 2.49. The van der Waals surface area contributed by atoms with Crippen LogP contribution in [0.4, 0.5) is 5.69 Å². The fourth-order valence-corrected chi connectivity index (χ4v) is 5.24. The Kier molecular flexibility index (Phi) is 3.84. The molecule has 0 bridgehead atoms. The van der Waals surface area contributed by atoms with Gasteiger partial charge < -0.3 is 4.74 Å². The number of ether oxygens (including phenoxy) is 1. The normalized spacial score (nSPS) is 17.2. The highest BCUT2D eigenvalue weighted by Gasteiger charge is 2.36. The molecule has 3 rings (SSSR count). The molecular weight excluding hydrogens is 310 g/mol. The molecule has 1 heterocycles. The van der Waals surface area contributed by atoms with Gasteiger partial charge in [-0.05, 0) is 49.9 Å². The van der Waals surface area contributed by atoms with Gasteiger partial charge in [-0.25, -0.2) is 8.42 Å². The average molecular weight is 331 g/mol. The Morgan fingerprint density at radius 1 is 1.13 bits per heavy atom. The number of methoxy groups -OCH3 is 1. The van der Waals surface area contributed by atoms with Gasteiger partial charge >= 0.3 is 0 Å². The topological polar surface area (TPSA) is 46.6 Å². The summed E-state index contributed by atoms with van der Waals surface area (Å²) in [5, 5.41) is 0. The maximum Gasteiger partial charge on any atom is 0.264 e. The van der Waals surface area contributed by atoms with Gasteiger partial charge in [-0.3, -0.25) is 4.31 Å². The lowest BCUT2D eigenvalue weighted by molar-refractivity contribution is 0.410. The Morgan fingerprint density at radius 2 is 1.83 bits per heavy atom. The lowest BCUT2D eigenvalue weighted by Gasteiger charge is -2.25. The van der Waals surface area contributed by atoms with Crippen LogP contribution in [0.5, 0.6) is 5.75 Å². The monoisotopic (exact) mass is 331 g/mol. The number of fused-ring (bicyclic) bond motifs is 1. The molecule has 0 saturated carbocycles. The van der Waals surface area contributed by atoms with Crippen LogP contribution >= 0.6 is 0 Å². The molecule has 23 heavy (non-hydrogen) atoms. The lowest BCUT2D eigenvalue weighted by atomic mass is 10.1. The van der Waals surface area contributed by atoms with Crippen LogP contribution in [-0.2, 0) is 16.4 Å². The summed E-state index contributed by atoms with van der Waals surface area (Å²) < 4.78 is 33.4. The molecule has 0 radical (unpaired) electrons. The van der Waals surface area contributed by atoms with Crippen LogP contribution in [-0.4, -0.2) is 21.6 Å². The molecule has 1 aliphatic rings. The molecule has 0 amide bonds. The molecule has 122 valence electrons. The van der Waals surface area contributed by atoms with E-state index in [1.54, 1.807) is 17.5 Å². The summed E-state index contributed by atoms with van der Waals surface area (Å²) >= 11 is 0. The number of sulfonamides is 1. The van der Waals surface area contributed by atoms with Crippen LogP contribution in [0.25, 0.3) is 0 Å². The van der Waals surface area contributed by atoms with E-state index in [4.69, 9.17) is 4.74 Å². The molecule has 1 aliphatic heterocycles. The molecule has 2 aromatic rings. The van der Waals surface area contributed by atoms with Crippen LogP contribution in [0.1, 0.15) is 23.6 Å². The quantitative estimate of drug-likeness (QED) is 0.865. The van der Waals surface area contributed by atoms with Gasteiger partial charge in [0.2, 0.25) is 0 Å². The molecule has 0 spiro atoms. The number of benzene rings is 2. The van der Waals surface area contributed by atoms with Crippen molar-refractivity contribution < 1.29 is 13.2 Å². The first-order valence-corrected chi connectivity index (χ1v) is 9.08. The number of rotatable bonds is 3. The van der Waals surface area contributed by atoms with Crippen molar-refractivity contribution in [2.45, 2.75) is 38.1 Å². The van der Waals surface area contributed by atoms with Gasteiger partial charge in [0.1, 0.15) is 5.75 Å². The van der Waals surface area contributed by atoms with E-state index < -0.39 is 10.0 Å². The Hall–Kier alpha value is -2.01. The standard InChI is InChI=1S/C18H21NO3S/c1-12-9-13(2)18(11-17(12)22-4)23(20,21)19-14(3)10-15-7-5-6-8-16(15)19/h5-9,11,14H,10H2,1-4H3. The van der Waals surface area contributed by atoms with E-state index >= 15 is 0 Å². The fourth-order valence-electron chi connectivity index (χ4n) is 3.32. The molecule has 0 aromatic heterocycles. The maximum absolute atomic E-state index is 13.3. The predicted molar refractivity (Wildman–Crippen MR) is 91.7 cm³/mol. The Bertz CT molecular complexity index is 859. The highest BCUT2D eigenvalue weighted by molar-refractivity contribution is 7.93. The van der Waals surface area contributed by atoms with E-state index in [0.717, 1.165) is 28.8 Å². The highest BCUT2D eigenvalue weighted by atomic mass is 32.2. The number of aryl methyl sites for hydroxylation is 2. The van der Waals surface area contributed by atoms with E-state index in [-0.39, 0.29) is 6.04 Å². The van der Waals surface area contributed by atoms with Gasteiger partial charge in [0.15, 0.2) is 0 Å². The van der Waals surface area contributed by atoms with Gasteiger partial charge in [-0.1, -0.05) is 24.3 Å². The summed E-state index contributed by atoms with van der Waals surface area (Å²) in [6.45, 7) is 5.68. The molecule has 0 saturated heterocycles. The van der Waals surface area contributed by atoms with Crippen molar-refractivity contribution in [2.24, 2.45) is 0 Å². The van der Waals surface area contributed by atoms with Crippen LogP contribution < -0.4 is 9.04 Å². The molecule has 0 aliphatic carbocycles. The minimum atomic E-state index is -3.63. The zero-order valence-electron chi connectivity index (χ0n) is 13.8. The second-order valence-corrected chi connectivity index (χ2v) is 7.85. The van der Waals surface area contributed by atoms with E-state index in [1.165, 1.54) is 0 Å². The smallest absolute Gasteiger partial charge is 0.264 e. The maximum atomic E-state index is 13.3. The summed E-state index contributed by atoms with van der Waals surface area (Å²) in [6.07, 6.45) is 0.734. The summed E-state index contributed by atoms with van der Waals surface area (Å²) in [4.78, 5) is 0.309. The Labute approximate surface area is 137 Å². The van der Waals surface area contributed by atoms with Crippen molar-refractivity contribution in [3.05, 3.63) is 53.1 Å². The minimum absolute atomic E-state index is 0.0934. The second kappa shape index (κ2) is 5.57. The number of hydrogen-bond acceptors (Lipinski definition) is 3. The highest BCUT2D eigenvalue weighted by Crippen LogP contribution is 2.38. The van der Waals surface area contributed by atoms with Gasteiger partial charge in [0.25, 0.3) is 10.0 Å². The van der Waals surface area contributed by atoms with Gasteiger partial charge in [0.05, 0.1) is 17.7 Å². The van der Waals surface area contributed by atoms with Crippen molar-refractivity contribution in [1.82, 2.24) is 0 Å². The molecule has 4 nitrogen and oxygen atoms in total. The van der Waals surface area contributed by atoms with Crippen LogP contribution in [0.2, 0.25) is 0 Å². The van der Waals surface area contributed by atoms with Crippen LogP contribution in [0.15, 0.2) is 41.3 Å². The first kappa shape index (κ1) is 15.9. The van der Waals surface area contributed by atoms with Gasteiger partial charge in [-0.2, -0.15) is 0 Å². The number of para-hydroxylation sites is 1. The summed E-state index contributed by atoms with van der Waals surface area (Å²) in [5.41, 5.74) is 3.51. The SMILES string of the molecule is COc1cc(S(=O)(=O)N2c3ccccc3CC2C)c(C)cc1C. The summed E-state index contributed by atoms with van der Waals surface area (Å²) in [7, 11) is -2.07. The molecule has 1 unspecified atom stereocenters. The molecular formula is C18H21NO3S. The fraction of sp³-hybridized carbons (Fsp3) is 0.333. The van der Waals surface area contributed by atoms with Gasteiger partial charge in [0, 0.05) is 12.1 Å². The lowest BCUT2D eigenvalue weighted by Crippen LogP contribution is -2.36. The summed E-state index contributed by atoms with van der Waals surface area (Å²) in [5.74, 6) is 0.592. The first-order chi connectivity index (χ1) is 10.9. The third-order valence-corrected chi connectivity index (χ3v) is 6.44. The Balaban J connectivity index is 2.17. The number of hydrogen-bond donors (Lipinski definition) is 0. The predicted octanol–water partition coefficient (Wildman–Crippen LogP) is 3.45. The number of nitrogens with zero attached hydrogens (tertiary/aromatic N) is 1. The minimum Gasteiger partial charge on any atom is -0.496 e. The molecule has 0 fully saturated rings. The zero-order chi connectivity index (χ0) is 16.8. The van der Waals surface area contributed by atoms with Crippen molar-refractivity contribution in [2.75, 3.05) is 11.4 Å². The van der Waals surface area contributed by atoms with Crippen molar-refractivity contribution in [3.63, 3.8) is 0 Å². The third-order valence-electron chi connectivity index (χ3n) is 4.37. The zero-order valence-corrected chi connectivity index (χ0v) is 14.6. The molecule has 0 N–H and O–H groups in total. The van der Waals surface area contributed by atoms with Crippen molar-refractivity contribution in [3.8, 4) is 5.75 Å². The van der Waals surface area contributed by atoms with E-state index in [9.17, 15) is 8.42 Å². The first-order valence-electron chi connectivity index (χ1n) is 7.64. The Morgan fingerprint density at radius 3 is 2.52 bits per heavy atom. The molecule has 5 heteroatoms. The van der Waals surface area contributed by atoms with Crippen LogP contribution in [0, 0.1) is 13.8 Å². The van der Waals surface area contributed by atoms with Crippen LogP contribution in [0.3, 0.4) is 0 Å². The van der Waals surface area contributed by atoms with Crippen molar-refractivity contribution in [1.29, 1.82) is 0 Å². The van der Waals surface area contributed by atoms with E-state index in [1.807, 2.05) is 51.1 Å². The van der Waals surface area contributed by atoms with E-state index in [0.29, 0.717) is 10.6 Å². The summed E-state index contributed by atoms with van der Waals surface area (Å²) in [6, 6.07) is 11.1. The van der Waals surface area contributed by atoms with Crippen molar-refractivity contribution >= 4 is 15.7 Å². The van der Waals surface area contributed by atoms with E-state index in [2.05, 4.69) is 0 Å². The second-order valence-electron chi connectivity index (χ2n) is 6.07. The average Bonchev–Trinajstić information content (AvgIpc) is 2.83. The largest absolute Gasteiger partial charge is 0.496 e.